The van der Waals surface area contributed by atoms with Crippen molar-refractivity contribution in [2.75, 3.05) is 47.1 Å². The van der Waals surface area contributed by atoms with Crippen molar-refractivity contribution in [1.29, 1.82) is 0 Å². The summed E-state index contributed by atoms with van der Waals surface area (Å²) in [5.74, 6) is -0.00801. The Balaban J connectivity index is 1.54. The van der Waals surface area contributed by atoms with E-state index in [1.165, 1.54) is 12.0 Å². The van der Waals surface area contributed by atoms with Gasteiger partial charge in [-0.2, -0.15) is 0 Å². The summed E-state index contributed by atoms with van der Waals surface area (Å²) in [5, 5.41) is 0. The molecule has 0 aromatic heterocycles. The predicted octanol–water partition coefficient (Wildman–Crippen LogP) is 3.96. The minimum Gasteiger partial charge on any atom is -0.493 e. The molecule has 10 nitrogen and oxygen atoms in total. The third kappa shape index (κ3) is 7.80. The van der Waals surface area contributed by atoms with Crippen LogP contribution in [0.4, 0.5) is 4.79 Å². The lowest BCUT2D eigenvalue weighted by molar-refractivity contribution is -0.150. The van der Waals surface area contributed by atoms with E-state index in [0.29, 0.717) is 32.8 Å². The standard InChI is InChI=1S/C30H44N2O8/c1-30(2,3)40-29(35)31-18-21(16-22(19-31)28(34)37-5)27(33)32(23-9-10-23)17-20-14-25-24(8-6-12-38-25)26(15-20)39-13-7-11-36-4/h14-15,21-23H,6-13,16-19H2,1-5H3/t21-,22+/m1/s1. The fourth-order valence-corrected chi connectivity index (χ4v) is 5.38. The Bertz CT molecular complexity index is 1060. The zero-order valence-corrected chi connectivity index (χ0v) is 24.5. The molecule has 0 N–H and O–H groups in total. The van der Waals surface area contributed by atoms with Crippen LogP contribution in [0, 0.1) is 11.8 Å². The third-order valence-corrected chi connectivity index (χ3v) is 7.42. The van der Waals surface area contributed by atoms with Crippen molar-refractivity contribution in [3.63, 3.8) is 0 Å². The number of benzene rings is 1. The molecular formula is C30H44N2O8. The average molecular weight is 561 g/mol. The number of ether oxygens (including phenoxy) is 5. The van der Waals surface area contributed by atoms with Crippen LogP contribution in [0.5, 0.6) is 11.5 Å². The Morgan fingerprint density at radius 2 is 1.82 bits per heavy atom. The van der Waals surface area contributed by atoms with Crippen LogP contribution in [0.3, 0.4) is 0 Å². The Morgan fingerprint density at radius 1 is 1.07 bits per heavy atom. The van der Waals surface area contributed by atoms with Crippen LogP contribution < -0.4 is 9.47 Å². The molecule has 1 aliphatic carbocycles. The number of hydrogen-bond acceptors (Lipinski definition) is 8. The van der Waals surface area contributed by atoms with Gasteiger partial charge in [0.1, 0.15) is 17.1 Å². The van der Waals surface area contributed by atoms with Crippen LogP contribution in [-0.2, 0) is 36.8 Å². The van der Waals surface area contributed by atoms with Crippen molar-refractivity contribution in [2.45, 2.75) is 77.5 Å². The van der Waals surface area contributed by atoms with Gasteiger partial charge in [-0.1, -0.05) is 0 Å². The number of likely N-dealkylation sites (tertiary alicyclic amines) is 1. The number of fused-ring (bicyclic) bond motifs is 1. The van der Waals surface area contributed by atoms with Gasteiger partial charge >= 0.3 is 12.1 Å². The van der Waals surface area contributed by atoms with Crippen molar-refractivity contribution in [2.24, 2.45) is 11.8 Å². The van der Waals surface area contributed by atoms with Gasteiger partial charge in [-0.05, 0) is 70.6 Å². The van der Waals surface area contributed by atoms with Crippen molar-refractivity contribution in [1.82, 2.24) is 9.80 Å². The maximum absolute atomic E-state index is 14.0. The molecule has 40 heavy (non-hydrogen) atoms. The van der Waals surface area contributed by atoms with Gasteiger partial charge in [-0.25, -0.2) is 4.79 Å². The summed E-state index contributed by atoms with van der Waals surface area (Å²) in [6.07, 6.45) is 4.25. The van der Waals surface area contributed by atoms with E-state index in [4.69, 9.17) is 23.7 Å². The lowest BCUT2D eigenvalue weighted by Crippen LogP contribution is -2.52. The zero-order valence-electron chi connectivity index (χ0n) is 24.5. The Hall–Kier alpha value is -3.01. The number of amides is 2. The highest BCUT2D eigenvalue weighted by molar-refractivity contribution is 5.83. The van der Waals surface area contributed by atoms with Crippen LogP contribution in [-0.4, -0.2) is 86.5 Å². The summed E-state index contributed by atoms with van der Waals surface area (Å²) in [5.41, 5.74) is 1.32. The van der Waals surface area contributed by atoms with Gasteiger partial charge in [-0.15, -0.1) is 0 Å². The lowest BCUT2D eigenvalue weighted by atomic mass is 9.88. The molecule has 222 valence electrons. The molecular weight excluding hydrogens is 516 g/mol. The van der Waals surface area contributed by atoms with Crippen LogP contribution in [0.1, 0.15) is 64.0 Å². The zero-order chi connectivity index (χ0) is 28.9. The Kier molecular flexibility index (Phi) is 9.81. The molecule has 2 amide bonds. The fourth-order valence-electron chi connectivity index (χ4n) is 5.38. The van der Waals surface area contributed by atoms with Gasteiger partial charge in [0.2, 0.25) is 5.91 Å². The van der Waals surface area contributed by atoms with E-state index in [0.717, 1.165) is 54.7 Å². The van der Waals surface area contributed by atoms with E-state index in [-0.39, 0.29) is 25.0 Å². The van der Waals surface area contributed by atoms with Crippen molar-refractivity contribution in [3.8, 4) is 11.5 Å². The van der Waals surface area contributed by atoms with Gasteiger partial charge in [0.25, 0.3) is 0 Å². The number of esters is 1. The van der Waals surface area contributed by atoms with Crippen LogP contribution in [0.2, 0.25) is 0 Å². The molecule has 1 aromatic carbocycles. The second kappa shape index (κ2) is 13.1. The Morgan fingerprint density at radius 3 is 2.50 bits per heavy atom. The van der Waals surface area contributed by atoms with Gasteiger partial charge in [0.05, 0.1) is 32.2 Å². The quantitative estimate of drug-likeness (QED) is 0.313. The maximum atomic E-state index is 14.0. The van der Waals surface area contributed by atoms with Gasteiger partial charge in [-0.3, -0.25) is 9.59 Å². The first kappa shape index (κ1) is 30.0. The number of carbonyl (C=O) groups is 3. The molecule has 0 spiro atoms. The molecule has 3 aliphatic rings. The van der Waals surface area contributed by atoms with Crippen LogP contribution >= 0.6 is 0 Å². The van der Waals surface area contributed by atoms with E-state index >= 15 is 0 Å². The van der Waals surface area contributed by atoms with Crippen molar-refractivity contribution < 1.29 is 38.1 Å². The Labute approximate surface area is 237 Å². The first-order valence-electron chi connectivity index (χ1n) is 14.4. The summed E-state index contributed by atoms with van der Waals surface area (Å²) in [6.45, 7) is 7.96. The number of piperidine rings is 1. The second-order valence-corrected chi connectivity index (χ2v) is 12.0. The molecule has 0 unspecified atom stereocenters. The molecule has 2 heterocycles. The fraction of sp³-hybridized carbons (Fsp3) is 0.700. The normalized spacial score (nSPS) is 20.7. The SMILES string of the molecule is COCCCOc1cc(CN(C(=O)[C@@H]2C[C@H](C(=O)OC)CN(C(=O)OC(C)(C)C)C2)C2CC2)cc2c1CCCO2. The van der Waals surface area contributed by atoms with E-state index in [1.54, 1.807) is 27.9 Å². The number of rotatable bonds is 10. The van der Waals surface area contributed by atoms with Gasteiger partial charge < -0.3 is 33.5 Å². The van der Waals surface area contributed by atoms with Crippen molar-refractivity contribution in [3.05, 3.63) is 23.3 Å². The summed E-state index contributed by atoms with van der Waals surface area (Å²) in [6, 6.07) is 4.17. The summed E-state index contributed by atoms with van der Waals surface area (Å²) in [4.78, 5) is 42.9. The highest BCUT2D eigenvalue weighted by Crippen LogP contribution is 2.38. The molecule has 10 heteroatoms. The van der Waals surface area contributed by atoms with E-state index < -0.39 is 29.5 Å². The number of hydrogen-bond donors (Lipinski definition) is 0. The molecule has 2 aliphatic heterocycles. The molecule has 1 saturated carbocycles. The highest BCUT2D eigenvalue weighted by atomic mass is 16.6. The minimum absolute atomic E-state index is 0.0640. The molecule has 2 fully saturated rings. The van der Waals surface area contributed by atoms with E-state index in [1.807, 2.05) is 17.0 Å². The summed E-state index contributed by atoms with van der Waals surface area (Å²) < 4.78 is 27.8. The molecule has 0 radical (unpaired) electrons. The number of carbonyl (C=O) groups excluding carboxylic acids is 3. The van der Waals surface area contributed by atoms with Gasteiger partial charge in [0, 0.05) is 51.4 Å². The summed E-state index contributed by atoms with van der Waals surface area (Å²) >= 11 is 0. The largest absolute Gasteiger partial charge is 0.493 e. The van der Waals surface area contributed by atoms with Gasteiger partial charge in [0.15, 0.2) is 0 Å². The smallest absolute Gasteiger partial charge is 0.410 e. The predicted molar refractivity (Wildman–Crippen MR) is 147 cm³/mol. The van der Waals surface area contributed by atoms with Crippen LogP contribution in [0.25, 0.3) is 0 Å². The third-order valence-electron chi connectivity index (χ3n) is 7.42. The molecule has 2 atom stereocenters. The average Bonchev–Trinajstić information content (AvgIpc) is 3.77. The highest BCUT2D eigenvalue weighted by Gasteiger charge is 2.43. The molecule has 4 rings (SSSR count). The topological polar surface area (TPSA) is 104 Å². The molecule has 1 aromatic rings. The monoisotopic (exact) mass is 560 g/mol. The summed E-state index contributed by atoms with van der Waals surface area (Å²) in [7, 11) is 3.00. The molecule has 1 saturated heterocycles. The minimum atomic E-state index is -0.688. The lowest BCUT2D eigenvalue weighted by Gasteiger charge is -2.38. The first-order valence-corrected chi connectivity index (χ1v) is 14.4. The van der Waals surface area contributed by atoms with E-state index in [2.05, 4.69) is 0 Å². The van der Waals surface area contributed by atoms with Crippen molar-refractivity contribution >= 4 is 18.0 Å². The van der Waals surface area contributed by atoms with E-state index in [9.17, 15) is 14.4 Å². The first-order chi connectivity index (χ1) is 19.1. The van der Waals surface area contributed by atoms with Crippen LogP contribution in [0.15, 0.2) is 12.1 Å². The molecule has 0 bridgehead atoms. The maximum Gasteiger partial charge on any atom is 0.410 e. The number of nitrogens with zero attached hydrogens (tertiary/aromatic N) is 2. The second-order valence-electron chi connectivity index (χ2n) is 12.0. The number of methoxy groups -OCH3 is 2.